The average molecular weight is 198 g/mol. The first-order valence-electron chi connectivity index (χ1n) is 5.60. The zero-order valence-electron chi connectivity index (χ0n) is 9.49. The van der Waals surface area contributed by atoms with Crippen molar-refractivity contribution in [3.63, 3.8) is 0 Å². The maximum atomic E-state index is 11.9. The van der Waals surface area contributed by atoms with Crippen LogP contribution in [0, 0.1) is 5.92 Å². The number of carbonyl (C=O) groups excluding carboxylic acids is 1. The largest absolute Gasteiger partial charge is 0.341 e. The van der Waals surface area contributed by atoms with Crippen LogP contribution in [0.25, 0.3) is 0 Å². The van der Waals surface area contributed by atoms with Crippen molar-refractivity contribution in [2.45, 2.75) is 51.6 Å². The standard InChI is InChI=1S/C11H22N2O/c1-4-8(2)10(12)11(14)13(3)9-6-5-7-9/h8-10H,4-7,12H2,1-3H3/t8-,10-/m0/s1. The van der Waals surface area contributed by atoms with Crippen molar-refractivity contribution in [3.8, 4) is 0 Å². The zero-order valence-corrected chi connectivity index (χ0v) is 9.49. The first-order valence-corrected chi connectivity index (χ1v) is 5.60. The molecule has 0 bridgehead atoms. The van der Waals surface area contributed by atoms with E-state index in [0.29, 0.717) is 6.04 Å². The Kier molecular flexibility index (Phi) is 3.93. The molecule has 82 valence electrons. The van der Waals surface area contributed by atoms with Crippen molar-refractivity contribution in [2.24, 2.45) is 11.7 Å². The quantitative estimate of drug-likeness (QED) is 0.741. The highest BCUT2D eigenvalue weighted by atomic mass is 16.2. The molecule has 0 aliphatic heterocycles. The number of rotatable bonds is 4. The molecule has 3 nitrogen and oxygen atoms in total. The first kappa shape index (κ1) is 11.5. The summed E-state index contributed by atoms with van der Waals surface area (Å²) in [6.45, 7) is 4.11. The maximum Gasteiger partial charge on any atom is 0.239 e. The Labute approximate surface area is 86.6 Å². The molecular formula is C11H22N2O. The molecule has 1 saturated carbocycles. The van der Waals surface area contributed by atoms with E-state index in [1.54, 1.807) is 0 Å². The lowest BCUT2D eigenvalue weighted by Crippen LogP contribution is -2.51. The highest BCUT2D eigenvalue weighted by molar-refractivity contribution is 5.82. The molecule has 0 spiro atoms. The van der Waals surface area contributed by atoms with Gasteiger partial charge < -0.3 is 10.6 Å². The number of nitrogens with zero attached hydrogens (tertiary/aromatic N) is 1. The van der Waals surface area contributed by atoms with Gasteiger partial charge in [-0.15, -0.1) is 0 Å². The van der Waals surface area contributed by atoms with Crippen molar-refractivity contribution in [3.05, 3.63) is 0 Å². The van der Waals surface area contributed by atoms with Crippen LogP contribution in [0.15, 0.2) is 0 Å². The lowest BCUT2D eigenvalue weighted by molar-refractivity contribution is -0.136. The number of likely N-dealkylation sites (N-methyl/N-ethyl adjacent to an activating group) is 1. The monoisotopic (exact) mass is 198 g/mol. The van der Waals surface area contributed by atoms with E-state index in [-0.39, 0.29) is 17.9 Å². The SMILES string of the molecule is CC[C@H](C)[C@H](N)C(=O)N(C)C1CCC1. The molecule has 1 rings (SSSR count). The van der Waals surface area contributed by atoms with Crippen LogP contribution in [0.2, 0.25) is 0 Å². The number of carbonyl (C=O) groups is 1. The Bertz CT molecular complexity index is 189. The summed E-state index contributed by atoms with van der Waals surface area (Å²) in [5.74, 6) is 0.397. The molecule has 0 saturated heterocycles. The molecule has 1 amide bonds. The third-order valence-electron chi connectivity index (χ3n) is 3.51. The van der Waals surface area contributed by atoms with Crippen LogP contribution in [0.4, 0.5) is 0 Å². The molecule has 0 unspecified atom stereocenters. The fourth-order valence-electron chi connectivity index (χ4n) is 1.69. The summed E-state index contributed by atoms with van der Waals surface area (Å²) in [5, 5.41) is 0. The molecule has 3 heteroatoms. The van der Waals surface area contributed by atoms with Gasteiger partial charge in [0.2, 0.25) is 5.91 Å². The third kappa shape index (κ3) is 2.27. The smallest absolute Gasteiger partial charge is 0.239 e. The second-order valence-electron chi connectivity index (χ2n) is 4.45. The number of amides is 1. The van der Waals surface area contributed by atoms with E-state index in [0.717, 1.165) is 19.3 Å². The minimum absolute atomic E-state index is 0.115. The van der Waals surface area contributed by atoms with Crippen molar-refractivity contribution in [1.82, 2.24) is 4.90 Å². The molecule has 1 fully saturated rings. The second kappa shape index (κ2) is 4.78. The van der Waals surface area contributed by atoms with E-state index in [4.69, 9.17) is 5.73 Å². The summed E-state index contributed by atoms with van der Waals surface area (Å²) in [5.41, 5.74) is 5.90. The highest BCUT2D eigenvalue weighted by Crippen LogP contribution is 2.24. The Morgan fingerprint density at radius 2 is 2.14 bits per heavy atom. The summed E-state index contributed by atoms with van der Waals surface area (Å²) in [6, 6.07) is 0.142. The second-order valence-corrected chi connectivity index (χ2v) is 4.45. The van der Waals surface area contributed by atoms with Gasteiger partial charge in [0, 0.05) is 13.1 Å². The van der Waals surface area contributed by atoms with E-state index in [9.17, 15) is 4.79 Å². The van der Waals surface area contributed by atoms with E-state index in [2.05, 4.69) is 6.92 Å². The molecule has 0 aromatic heterocycles. The Balaban J connectivity index is 2.46. The molecule has 1 aliphatic rings. The van der Waals surface area contributed by atoms with Crippen molar-refractivity contribution < 1.29 is 4.79 Å². The minimum Gasteiger partial charge on any atom is -0.341 e. The third-order valence-corrected chi connectivity index (χ3v) is 3.51. The summed E-state index contributed by atoms with van der Waals surface area (Å²) in [6.07, 6.45) is 4.51. The van der Waals surface area contributed by atoms with Crippen molar-refractivity contribution in [2.75, 3.05) is 7.05 Å². The van der Waals surface area contributed by atoms with Gasteiger partial charge in [-0.05, 0) is 25.2 Å². The van der Waals surface area contributed by atoms with Gasteiger partial charge in [0.15, 0.2) is 0 Å². The molecule has 1 aliphatic carbocycles. The number of nitrogens with two attached hydrogens (primary N) is 1. The molecule has 2 atom stereocenters. The zero-order chi connectivity index (χ0) is 10.7. The minimum atomic E-state index is -0.314. The summed E-state index contributed by atoms with van der Waals surface area (Å²) >= 11 is 0. The van der Waals surface area contributed by atoms with Crippen LogP contribution in [0.5, 0.6) is 0 Å². The van der Waals surface area contributed by atoms with Crippen LogP contribution in [0.1, 0.15) is 39.5 Å². The normalized spacial score (nSPS) is 21.1. The van der Waals surface area contributed by atoms with Gasteiger partial charge >= 0.3 is 0 Å². The first-order chi connectivity index (χ1) is 6.57. The topological polar surface area (TPSA) is 46.3 Å². The lowest BCUT2D eigenvalue weighted by atomic mass is 9.90. The van der Waals surface area contributed by atoms with Crippen LogP contribution in [-0.4, -0.2) is 29.9 Å². The molecule has 0 radical (unpaired) electrons. The summed E-state index contributed by atoms with van der Waals surface area (Å²) in [7, 11) is 1.88. The van der Waals surface area contributed by atoms with E-state index >= 15 is 0 Å². The van der Waals surface area contributed by atoms with Crippen molar-refractivity contribution >= 4 is 5.91 Å². The molecular weight excluding hydrogens is 176 g/mol. The van der Waals surface area contributed by atoms with E-state index < -0.39 is 0 Å². The molecule has 2 N–H and O–H groups in total. The van der Waals surface area contributed by atoms with Crippen LogP contribution in [-0.2, 0) is 4.79 Å². The summed E-state index contributed by atoms with van der Waals surface area (Å²) < 4.78 is 0. The average Bonchev–Trinajstić information content (AvgIpc) is 2.11. The van der Waals surface area contributed by atoms with Gasteiger partial charge in [-0.25, -0.2) is 0 Å². The van der Waals surface area contributed by atoms with Crippen LogP contribution < -0.4 is 5.73 Å². The fraction of sp³-hybridized carbons (Fsp3) is 0.909. The maximum absolute atomic E-state index is 11.9. The van der Waals surface area contributed by atoms with Gasteiger partial charge in [-0.3, -0.25) is 4.79 Å². The number of hydrogen-bond acceptors (Lipinski definition) is 2. The van der Waals surface area contributed by atoms with E-state index in [1.807, 2.05) is 18.9 Å². The fourth-order valence-corrected chi connectivity index (χ4v) is 1.69. The molecule has 0 heterocycles. The van der Waals surface area contributed by atoms with Crippen LogP contribution >= 0.6 is 0 Å². The van der Waals surface area contributed by atoms with Gasteiger partial charge in [0.05, 0.1) is 6.04 Å². The Morgan fingerprint density at radius 1 is 1.57 bits per heavy atom. The van der Waals surface area contributed by atoms with Crippen molar-refractivity contribution in [1.29, 1.82) is 0 Å². The Morgan fingerprint density at radius 3 is 2.50 bits per heavy atom. The van der Waals surface area contributed by atoms with Gasteiger partial charge in [-0.1, -0.05) is 20.3 Å². The Hall–Kier alpha value is -0.570. The van der Waals surface area contributed by atoms with E-state index in [1.165, 1.54) is 6.42 Å². The number of hydrogen-bond donors (Lipinski definition) is 1. The predicted molar refractivity (Wildman–Crippen MR) is 57.8 cm³/mol. The summed E-state index contributed by atoms with van der Waals surface area (Å²) in [4.78, 5) is 13.7. The van der Waals surface area contributed by atoms with Gasteiger partial charge in [0.1, 0.15) is 0 Å². The van der Waals surface area contributed by atoms with Crippen LogP contribution in [0.3, 0.4) is 0 Å². The molecule has 0 aromatic carbocycles. The molecule has 14 heavy (non-hydrogen) atoms. The van der Waals surface area contributed by atoms with Gasteiger partial charge in [0.25, 0.3) is 0 Å². The highest BCUT2D eigenvalue weighted by Gasteiger charge is 2.30. The van der Waals surface area contributed by atoms with Gasteiger partial charge in [-0.2, -0.15) is 0 Å². The lowest BCUT2D eigenvalue weighted by Gasteiger charge is -2.37. The predicted octanol–water partition coefficient (Wildman–Crippen LogP) is 1.37. The molecule has 0 aromatic rings.